The summed E-state index contributed by atoms with van der Waals surface area (Å²) < 4.78 is 0. The topological polar surface area (TPSA) is 44.7 Å². The van der Waals surface area contributed by atoms with Crippen LogP contribution in [0, 0.1) is 0 Å². The molecule has 4 heteroatoms. The second-order valence-corrected chi connectivity index (χ2v) is 7.90. The van der Waals surface area contributed by atoms with Crippen LogP contribution in [-0.4, -0.2) is 35.1 Å². The molecule has 1 N–H and O–H groups in total. The van der Waals surface area contributed by atoms with Crippen LogP contribution in [0.4, 0.5) is 5.69 Å². The Hall–Kier alpha value is -2.72. The van der Waals surface area contributed by atoms with Crippen molar-refractivity contribution in [2.45, 2.75) is 30.8 Å². The van der Waals surface area contributed by atoms with Gasteiger partial charge in [-0.1, -0.05) is 55.1 Å². The Morgan fingerprint density at radius 2 is 1.93 bits per heavy atom. The lowest BCUT2D eigenvalue weighted by Crippen LogP contribution is -2.74. The summed E-state index contributed by atoms with van der Waals surface area (Å²) >= 11 is 0. The predicted octanol–water partition coefficient (Wildman–Crippen LogP) is 3.36. The molecule has 136 valence electrons. The molecule has 27 heavy (non-hydrogen) atoms. The van der Waals surface area contributed by atoms with E-state index in [4.69, 9.17) is 4.99 Å². The summed E-state index contributed by atoms with van der Waals surface area (Å²) in [4.78, 5) is 20.6. The predicted molar refractivity (Wildman–Crippen MR) is 107 cm³/mol. The van der Waals surface area contributed by atoms with E-state index in [-0.39, 0.29) is 11.3 Å². The van der Waals surface area contributed by atoms with Crippen molar-refractivity contribution in [1.82, 2.24) is 10.2 Å². The van der Waals surface area contributed by atoms with Crippen LogP contribution in [0.25, 0.3) is 0 Å². The average molecular weight is 357 g/mol. The maximum Gasteiger partial charge on any atom is 0.246 e. The summed E-state index contributed by atoms with van der Waals surface area (Å²) in [7, 11) is 0. The van der Waals surface area contributed by atoms with Crippen molar-refractivity contribution in [2.75, 3.05) is 13.1 Å². The van der Waals surface area contributed by atoms with Crippen LogP contribution in [0.5, 0.6) is 0 Å². The number of para-hydroxylation sites is 1. The van der Waals surface area contributed by atoms with Crippen molar-refractivity contribution >= 4 is 17.3 Å². The van der Waals surface area contributed by atoms with Gasteiger partial charge in [-0.25, -0.2) is 0 Å². The molecule has 0 radical (unpaired) electrons. The zero-order valence-corrected chi connectivity index (χ0v) is 15.5. The normalized spacial score (nSPS) is 30.5. The van der Waals surface area contributed by atoms with Gasteiger partial charge in [0.05, 0.1) is 16.8 Å². The summed E-state index contributed by atoms with van der Waals surface area (Å²) in [5.74, 6) is 0.0227. The van der Waals surface area contributed by atoms with E-state index < -0.39 is 5.54 Å². The molecule has 2 bridgehead atoms. The van der Waals surface area contributed by atoms with Crippen LogP contribution in [0.1, 0.15) is 24.5 Å². The lowest BCUT2D eigenvalue weighted by molar-refractivity contribution is -0.130. The lowest BCUT2D eigenvalue weighted by Gasteiger charge is -2.57. The number of piperidine rings is 3. The van der Waals surface area contributed by atoms with Crippen molar-refractivity contribution in [2.24, 2.45) is 4.99 Å². The van der Waals surface area contributed by atoms with Gasteiger partial charge < -0.3 is 5.32 Å². The smallest absolute Gasteiger partial charge is 0.246 e. The highest BCUT2D eigenvalue weighted by Gasteiger charge is 2.64. The highest BCUT2D eigenvalue weighted by Crippen LogP contribution is 2.56. The molecule has 6 rings (SSSR count). The van der Waals surface area contributed by atoms with Gasteiger partial charge in [-0.15, -0.1) is 0 Å². The first-order chi connectivity index (χ1) is 13.1. The number of hydrogen-bond acceptors (Lipinski definition) is 3. The van der Waals surface area contributed by atoms with Crippen LogP contribution >= 0.6 is 0 Å². The number of carbonyl (C=O) groups is 1. The SMILES string of the molecule is C=C1CN2CC[C@@]13C(=Nc1ccccc13)[C@@]2(C)C(=O)NCc1ccccc1. The fourth-order valence-corrected chi connectivity index (χ4v) is 5.07. The van der Waals surface area contributed by atoms with Gasteiger partial charge in [-0.3, -0.25) is 14.7 Å². The number of fused-ring (bicyclic) bond motifs is 3. The molecule has 1 spiro atoms. The summed E-state index contributed by atoms with van der Waals surface area (Å²) in [6, 6.07) is 18.3. The monoisotopic (exact) mass is 357 g/mol. The van der Waals surface area contributed by atoms with Crippen LogP contribution in [0.3, 0.4) is 0 Å². The zero-order chi connectivity index (χ0) is 18.6. The van der Waals surface area contributed by atoms with Gasteiger partial charge in [-0.05, 0) is 36.1 Å². The molecule has 3 saturated heterocycles. The van der Waals surface area contributed by atoms with Gasteiger partial charge in [-0.2, -0.15) is 0 Å². The standard InChI is InChI=1S/C23H23N3O/c1-16-15-26-13-12-23(16)18-10-6-7-11-19(18)25-20(23)22(26,2)21(27)24-14-17-8-4-3-5-9-17/h3-11H,1,12-15H2,2H3,(H,24,27)/t22-,23+/m0/s1. The first-order valence-corrected chi connectivity index (χ1v) is 9.51. The molecule has 4 heterocycles. The number of aliphatic imine (C=N–C) groups is 1. The first kappa shape index (κ1) is 16.5. The quantitative estimate of drug-likeness (QED) is 0.856. The molecule has 0 saturated carbocycles. The molecule has 3 fully saturated rings. The molecule has 0 aromatic heterocycles. The van der Waals surface area contributed by atoms with Crippen LogP contribution in [0.15, 0.2) is 71.7 Å². The number of nitrogens with one attached hydrogen (secondary N) is 1. The second-order valence-electron chi connectivity index (χ2n) is 7.90. The Balaban J connectivity index is 1.53. The maximum atomic E-state index is 13.4. The molecule has 1 unspecified atom stereocenters. The maximum absolute atomic E-state index is 13.4. The van der Waals surface area contributed by atoms with Gasteiger partial charge in [0.25, 0.3) is 0 Å². The minimum atomic E-state index is -0.743. The van der Waals surface area contributed by atoms with Crippen molar-refractivity contribution < 1.29 is 4.79 Å². The number of carbonyl (C=O) groups excluding carboxylic acids is 1. The Morgan fingerprint density at radius 1 is 1.19 bits per heavy atom. The third-order valence-corrected chi connectivity index (χ3v) is 6.57. The van der Waals surface area contributed by atoms with E-state index in [2.05, 4.69) is 28.9 Å². The highest BCUT2D eigenvalue weighted by atomic mass is 16.2. The van der Waals surface area contributed by atoms with Crippen LogP contribution in [-0.2, 0) is 16.8 Å². The number of nitrogens with zero attached hydrogens (tertiary/aromatic N) is 2. The molecule has 0 aliphatic carbocycles. The molecule has 4 aliphatic rings. The summed E-state index contributed by atoms with van der Waals surface area (Å²) in [6.07, 6.45) is 0.948. The van der Waals surface area contributed by atoms with Gasteiger partial charge in [0.1, 0.15) is 5.54 Å². The molecule has 1 amide bonds. The minimum Gasteiger partial charge on any atom is -0.350 e. The molecular weight excluding hydrogens is 334 g/mol. The van der Waals surface area contributed by atoms with Gasteiger partial charge in [0.2, 0.25) is 5.91 Å². The third-order valence-electron chi connectivity index (χ3n) is 6.57. The average Bonchev–Trinajstić information content (AvgIpc) is 3.05. The Morgan fingerprint density at radius 3 is 2.70 bits per heavy atom. The van der Waals surface area contributed by atoms with E-state index in [1.54, 1.807) is 0 Å². The lowest BCUT2D eigenvalue weighted by atomic mass is 9.58. The van der Waals surface area contributed by atoms with Crippen molar-refractivity contribution in [3.05, 3.63) is 77.9 Å². The van der Waals surface area contributed by atoms with Crippen molar-refractivity contribution in [3.63, 3.8) is 0 Å². The molecule has 4 nitrogen and oxygen atoms in total. The molecule has 2 aromatic rings. The fourth-order valence-electron chi connectivity index (χ4n) is 5.07. The fraction of sp³-hybridized carbons (Fsp3) is 0.304. The number of rotatable bonds is 3. The van der Waals surface area contributed by atoms with Crippen molar-refractivity contribution in [1.29, 1.82) is 0 Å². The molecule has 3 atom stereocenters. The summed E-state index contributed by atoms with van der Waals surface area (Å²) in [6.45, 7) is 8.56. The van der Waals surface area contributed by atoms with E-state index in [0.29, 0.717) is 6.54 Å². The second kappa shape index (κ2) is 5.64. The Labute approximate surface area is 159 Å². The molecular formula is C23H23N3O. The van der Waals surface area contributed by atoms with E-state index in [0.717, 1.165) is 42.0 Å². The first-order valence-electron chi connectivity index (χ1n) is 9.51. The van der Waals surface area contributed by atoms with Gasteiger partial charge in [0, 0.05) is 19.6 Å². The Kier molecular flexibility index (Phi) is 3.43. The van der Waals surface area contributed by atoms with Crippen LogP contribution < -0.4 is 5.32 Å². The van der Waals surface area contributed by atoms with E-state index in [1.807, 2.05) is 49.4 Å². The third kappa shape index (κ3) is 2.07. The van der Waals surface area contributed by atoms with Gasteiger partial charge >= 0.3 is 0 Å². The summed E-state index contributed by atoms with van der Waals surface area (Å²) in [5.41, 5.74) is 4.37. The minimum absolute atomic E-state index is 0.0227. The van der Waals surface area contributed by atoms with Crippen molar-refractivity contribution in [3.8, 4) is 0 Å². The number of hydrogen-bond donors (Lipinski definition) is 1. The zero-order valence-electron chi connectivity index (χ0n) is 15.5. The van der Waals surface area contributed by atoms with Crippen LogP contribution in [0.2, 0.25) is 0 Å². The van der Waals surface area contributed by atoms with Gasteiger partial charge in [0.15, 0.2) is 0 Å². The number of amides is 1. The Bertz CT molecular complexity index is 980. The molecule has 4 aliphatic heterocycles. The highest BCUT2D eigenvalue weighted by molar-refractivity contribution is 6.22. The van der Waals surface area contributed by atoms with E-state index in [9.17, 15) is 4.79 Å². The van der Waals surface area contributed by atoms with E-state index >= 15 is 0 Å². The largest absolute Gasteiger partial charge is 0.350 e. The van der Waals surface area contributed by atoms with E-state index in [1.165, 1.54) is 5.56 Å². The number of benzene rings is 2. The summed E-state index contributed by atoms with van der Waals surface area (Å²) in [5, 5.41) is 3.15. The molecule has 2 aromatic carbocycles.